The van der Waals surface area contributed by atoms with Crippen LogP contribution >= 0.6 is 0 Å². The molecule has 0 bridgehead atoms. The molecule has 0 aliphatic heterocycles. The first-order valence-corrected chi connectivity index (χ1v) is 6.01. The summed E-state index contributed by atoms with van der Waals surface area (Å²) in [4.78, 5) is 11.6. The van der Waals surface area contributed by atoms with E-state index in [1.807, 2.05) is 13.8 Å². The van der Waals surface area contributed by atoms with E-state index >= 15 is 0 Å². The molecule has 0 aliphatic carbocycles. The molecular weight excluding hydrogens is 247 g/mol. The summed E-state index contributed by atoms with van der Waals surface area (Å²) in [5, 5.41) is 2.99. The summed E-state index contributed by atoms with van der Waals surface area (Å²) in [6.45, 7) is 6.05. The molecule has 0 aromatic rings. The lowest BCUT2D eigenvalue weighted by Gasteiger charge is -2.29. The maximum Gasteiger partial charge on any atom is 0.389 e. The summed E-state index contributed by atoms with van der Waals surface area (Å²) in [7, 11) is 1.24. The topological polar surface area (TPSA) is 38.3 Å². The van der Waals surface area contributed by atoms with Crippen LogP contribution in [0.25, 0.3) is 0 Å². The van der Waals surface area contributed by atoms with Crippen molar-refractivity contribution in [3.63, 3.8) is 0 Å². The standard InChI is InChI=1S/C12H22F3NO2/c1-9(2)8-16-11(3,10(17)18-4)6-5-7-12(13,14)15/h9,16H,5-8H2,1-4H3. The number of carbonyl (C=O) groups excluding carboxylic acids is 1. The second kappa shape index (κ2) is 6.97. The van der Waals surface area contributed by atoms with Gasteiger partial charge in [-0.15, -0.1) is 0 Å². The largest absolute Gasteiger partial charge is 0.468 e. The van der Waals surface area contributed by atoms with Crippen molar-refractivity contribution < 1.29 is 22.7 Å². The second-order valence-electron chi connectivity index (χ2n) is 5.07. The number of ether oxygens (including phenoxy) is 1. The Morgan fingerprint density at radius 2 is 1.83 bits per heavy atom. The van der Waals surface area contributed by atoms with Gasteiger partial charge in [0.05, 0.1) is 7.11 Å². The maximum absolute atomic E-state index is 12.1. The molecule has 1 atom stereocenters. The Hall–Kier alpha value is -0.780. The summed E-state index contributed by atoms with van der Waals surface area (Å²) in [6.07, 6.45) is -5.07. The quantitative estimate of drug-likeness (QED) is 0.722. The van der Waals surface area contributed by atoms with Crippen LogP contribution in [-0.4, -0.2) is 31.3 Å². The van der Waals surface area contributed by atoms with E-state index in [2.05, 4.69) is 10.1 Å². The van der Waals surface area contributed by atoms with Gasteiger partial charge in [-0.25, -0.2) is 0 Å². The van der Waals surface area contributed by atoms with E-state index in [1.54, 1.807) is 6.92 Å². The molecule has 0 aromatic carbocycles. The van der Waals surface area contributed by atoms with Crippen LogP contribution in [0.1, 0.15) is 40.0 Å². The monoisotopic (exact) mass is 269 g/mol. The zero-order valence-electron chi connectivity index (χ0n) is 11.4. The van der Waals surface area contributed by atoms with E-state index in [1.165, 1.54) is 7.11 Å². The highest BCUT2D eigenvalue weighted by Gasteiger charge is 2.35. The van der Waals surface area contributed by atoms with Gasteiger partial charge >= 0.3 is 12.1 Å². The molecule has 0 amide bonds. The molecule has 1 N–H and O–H groups in total. The van der Waals surface area contributed by atoms with Crippen molar-refractivity contribution >= 4 is 5.97 Å². The first kappa shape index (κ1) is 17.2. The predicted octanol–water partition coefficient (Wildman–Crippen LogP) is 2.90. The number of alkyl halides is 3. The van der Waals surface area contributed by atoms with Crippen molar-refractivity contribution in [2.75, 3.05) is 13.7 Å². The molecule has 0 aliphatic rings. The number of methoxy groups -OCH3 is 1. The minimum absolute atomic E-state index is 0.0970. The van der Waals surface area contributed by atoms with Crippen LogP contribution in [0.3, 0.4) is 0 Å². The molecule has 108 valence electrons. The van der Waals surface area contributed by atoms with Crippen molar-refractivity contribution in [1.29, 1.82) is 0 Å². The van der Waals surface area contributed by atoms with Gasteiger partial charge in [0.15, 0.2) is 0 Å². The first-order valence-electron chi connectivity index (χ1n) is 6.01. The van der Waals surface area contributed by atoms with E-state index in [4.69, 9.17) is 0 Å². The van der Waals surface area contributed by atoms with Crippen LogP contribution in [0.2, 0.25) is 0 Å². The van der Waals surface area contributed by atoms with Gasteiger partial charge in [0.25, 0.3) is 0 Å². The van der Waals surface area contributed by atoms with Crippen LogP contribution in [0.15, 0.2) is 0 Å². The average molecular weight is 269 g/mol. The SMILES string of the molecule is COC(=O)C(C)(CCCC(F)(F)F)NCC(C)C. The maximum atomic E-state index is 12.1. The van der Waals surface area contributed by atoms with Gasteiger partial charge in [0.1, 0.15) is 5.54 Å². The molecule has 0 saturated heterocycles. The molecule has 6 heteroatoms. The molecule has 0 heterocycles. The van der Waals surface area contributed by atoms with Gasteiger partial charge in [-0.3, -0.25) is 4.79 Å². The van der Waals surface area contributed by atoms with E-state index < -0.39 is 24.1 Å². The number of nitrogens with one attached hydrogen (secondary N) is 1. The van der Waals surface area contributed by atoms with E-state index in [0.717, 1.165) is 0 Å². The van der Waals surface area contributed by atoms with Gasteiger partial charge < -0.3 is 10.1 Å². The Morgan fingerprint density at radius 1 is 1.28 bits per heavy atom. The molecule has 3 nitrogen and oxygen atoms in total. The number of halogens is 3. The van der Waals surface area contributed by atoms with E-state index in [9.17, 15) is 18.0 Å². The van der Waals surface area contributed by atoms with Crippen molar-refractivity contribution in [3.8, 4) is 0 Å². The molecule has 18 heavy (non-hydrogen) atoms. The number of hydrogen-bond acceptors (Lipinski definition) is 3. The normalized spacial score (nSPS) is 15.6. The van der Waals surface area contributed by atoms with Gasteiger partial charge in [0, 0.05) is 6.42 Å². The second-order valence-corrected chi connectivity index (χ2v) is 5.07. The third-order valence-corrected chi connectivity index (χ3v) is 2.67. The Labute approximate surface area is 106 Å². The minimum atomic E-state index is -4.19. The molecule has 0 fully saturated rings. The van der Waals surface area contributed by atoms with Crippen LogP contribution < -0.4 is 5.32 Å². The average Bonchev–Trinajstić information content (AvgIpc) is 2.23. The molecular formula is C12H22F3NO2. The molecule has 0 rings (SSSR count). The minimum Gasteiger partial charge on any atom is -0.468 e. The number of hydrogen-bond donors (Lipinski definition) is 1. The summed E-state index contributed by atoms with van der Waals surface area (Å²) < 4.78 is 40.9. The zero-order chi connectivity index (χ0) is 14.4. The highest BCUT2D eigenvalue weighted by molar-refractivity contribution is 5.80. The fourth-order valence-electron chi connectivity index (χ4n) is 1.56. The van der Waals surface area contributed by atoms with E-state index in [0.29, 0.717) is 12.5 Å². The van der Waals surface area contributed by atoms with Crippen LogP contribution in [0.5, 0.6) is 0 Å². The first-order chi connectivity index (χ1) is 8.10. The zero-order valence-corrected chi connectivity index (χ0v) is 11.4. The van der Waals surface area contributed by atoms with Crippen molar-refractivity contribution in [2.45, 2.75) is 51.7 Å². The Balaban J connectivity index is 4.43. The van der Waals surface area contributed by atoms with Crippen molar-refractivity contribution in [2.24, 2.45) is 5.92 Å². The Kier molecular flexibility index (Phi) is 6.67. The lowest BCUT2D eigenvalue weighted by atomic mass is 9.94. The Morgan fingerprint density at radius 3 is 2.22 bits per heavy atom. The lowest BCUT2D eigenvalue weighted by Crippen LogP contribution is -2.51. The van der Waals surface area contributed by atoms with Crippen LogP contribution in [-0.2, 0) is 9.53 Å². The van der Waals surface area contributed by atoms with Gasteiger partial charge in [-0.1, -0.05) is 13.8 Å². The van der Waals surface area contributed by atoms with Crippen molar-refractivity contribution in [3.05, 3.63) is 0 Å². The molecule has 0 radical (unpaired) electrons. The fraction of sp³-hybridized carbons (Fsp3) is 0.917. The third-order valence-electron chi connectivity index (χ3n) is 2.67. The number of rotatable bonds is 7. The van der Waals surface area contributed by atoms with Crippen LogP contribution in [0.4, 0.5) is 13.2 Å². The number of carbonyl (C=O) groups is 1. The van der Waals surface area contributed by atoms with Gasteiger partial charge in [0.2, 0.25) is 0 Å². The molecule has 1 unspecified atom stereocenters. The smallest absolute Gasteiger partial charge is 0.389 e. The van der Waals surface area contributed by atoms with Crippen LogP contribution in [0, 0.1) is 5.92 Å². The van der Waals surface area contributed by atoms with Crippen molar-refractivity contribution in [1.82, 2.24) is 5.32 Å². The third kappa shape index (κ3) is 6.83. The molecule has 0 spiro atoms. The summed E-state index contributed by atoms with van der Waals surface area (Å²) in [5.41, 5.74) is -1.05. The molecule has 0 saturated carbocycles. The molecule has 0 aromatic heterocycles. The van der Waals surface area contributed by atoms with E-state index in [-0.39, 0.29) is 12.8 Å². The summed E-state index contributed by atoms with van der Waals surface area (Å²) in [6, 6.07) is 0. The fourth-order valence-corrected chi connectivity index (χ4v) is 1.56. The summed E-state index contributed by atoms with van der Waals surface area (Å²) >= 11 is 0. The predicted molar refractivity (Wildman–Crippen MR) is 63.2 cm³/mol. The Bertz CT molecular complexity index is 267. The van der Waals surface area contributed by atoms with Gasteiger partial charge in [-0.05, 0) is 32.2 Å². The highest BCUT2D eigenvalue weighted by Crippen LogP contribution is 2.25. The van der Waals surface area contributed by atoms with Gasteiger partial charge in [-0.2, -0.15) is 13.2 Å². The highest BCUT2D eigenvalue weighted by atomic mass is 19.4. The lowest BCUT2D eigenvalue weighted by molar-refractivity contribution is -0.150. The summed E-state index contributed by atoms with van der Waals surface area (Å²) in [5.74, 6) is -0.220. The number of esters is 1.